The number of hydrogen-bond donors (Lipinski definition) is 2. The van der Waals surface area contributed by atoms with Gasteiger partial charge in [-0.15, -0.1) is 0 Å². The van der Waals surface area contributed by atoms with Gasteiger partial charge in [0.2, 0.25) is 5.91 Å². The van der Waals surface area contributed by atoms with Gasteiger partial charge in [-0.3, -0.25) is 9.59 Å². The van der Waals surface area contributed by atoms with E-state index in [1.54, 1.807) is 20.9 Å². The van der Waals surface area contributed by atoms with Crippen LogP contribution < -0.4 is 11.1 Å². The number of nitrogens with two attached hydrogens (primary N) is 1. The summed E-state index contributed by atoms with van der Waals surface area (Å²) >= 11 is 0. The molecule has 0 unspecified atom stereocenters. The molecule has 4 nitrogen and oxygen atoms in total. The monoisotopic (exact) mass is 172 g/mol. The van der Waals surface area contributed by atoms with Crippen molar-refractivity contribution in [2.45, 2.75) is 26.3 Å². The molecule has 0 bridgehead atoms. The lowest BCUT2D eigenvalue weighted by Crippen LogP contribution is -2.34. The van der Waals surface area contributed by atoms with Crippen molar-refractivity contribution < 1.29 is 9.59 Å². The highest BCUT2D eigenvalue weighted by molar-refractivity contribution is 5.88. The van der Waals surface area contributed by atoms with Gasteiger partial charge in [0.05, 0.1) is 6.04 Å². The Hall–Kier alpha value is -0.900. The molecule has 0 aliphatic heterocycles. The number of nitrogens with one attached hydrogen (secondary N) is 1. The number of rotatable bonds is 5. The maximum Gasteiger partial charge on any atom is 0.220 e. The maximum atomic E-state index is 11.2. The predicted molar refractivity (Wildman–Crippen MR) is 46.5 cm³/mol. The quantitative estimate of drug-likeness (QED) is 0.596. The maximum absolute atomic E-state index is 11.2. The van der Waals surface area contributed by atoms with E-state index in [1.807, 2.05) is 0 Å². The van der Waals surface area contributed by atoms with E-state index in [0.29, 0.717) is 0 Å². The molecule has 2 atom stereocenters. The zero-order chi connectivity index (χ0) is 9.72. The Morgan fingerprint density at radius 3 is 2.25 bits per heavy atom. The smallest absolute Gasteiger partial charge is 0.220 e. The van der Waals surface area contributed by atoms with Crippen LogP contribution in [0.3, 0.4) is 0 Å². The summed E-state index contributed by atoms with van der Waals surface area (Å²) in [6.45, 7) is 3.42. The predicted octanol–water partition coefficient (Wildman–Crippen LogP) is -0.325. The van der Waals surface area contributed by atoms with Crippen molar-refractivity contribution in [2.24, 2.45) is 11.7 Å². The van der Waals surface area contributed by atoms with Crippen molar-refractivity contribution in [1.82, 2.24) is 5.32 Å². The van der Waals surface area contributed by atoms with Gasteiger partial charge in [0.1, 0.15) is 5.78 Å². The van der Waals surface area contributed by atoms with Crippen molar-refractivity contribution >= 4 is 11.7 Å². The Kier molecular flexibility index (Phi) is 4.51. The van der Waals surface area contributed by atoms with Gasteiger partial charge >= 0.3 is 0 Å². The number of amides is 1. The van der Waals surface area contributed by atoms with E-state index in [9.17, 15) is 9.59 Å². The summed E-state index contributed by atoms with van der Waals surface area (Å²) in [5.41, 5.74) is 5.01. The lowest BCUT2D eigenvalue weighted by molar-refractivity contribution is -0.127. The van der Waals surface area contributed by atoms with Crippen LogP contribution in [0, 0.1) is 5.92 Å². The van der Waals surface area contributed by atoms with Crippen LogP contribution >= 0.6 is 0 Å². The first kappa shape index (κ1) is 11.1. The standard InChI is InChI=1S/C8H16N2O2/c1-5(8(9)12)4-7(11)6(2)10-3/h5-6,10H,4H2,1-3H3,(H2,9,12)/t5-,6+/m0/s1. The third kappa shape index (κ3) is 3.48. The highest BCUT2D eigenvalue weighted by Crippen LogP contribution is 2.03. The Bertz CT molecular complexity index is 180. The normalized spacial score (nSPS) is 15.2. The molecule has 0 aromatic heterocycles. The van der Waals surface area contributed by atoms with Crippen molar-refractivity contribution in [3.8, 4) is 0 Å². The molecule has 0 saturated carbocycles. The molecule has 1 amide bonds. The third-order valence-electron chi connectivity index (χ3n) is 1.91. The van der Waals surface area contributed by atoms with Crippen LogP contribution in [-0.4, -0.2) is 24.8 Å². The fourth-order valence-electron chi connectivity index (χ4n) is 0.740. The van der Waals surface area contributed by atoms with Gasteiger partial charge in [0.15, 0.2) is 0 Å². The van der Waals surface area contributed by atoms with Crippen LogP contribution in [0.15, 0.2) is 0 Å². The Morgan fingerprint density at radius 2 is 1.92 bits per heavy atom. The molecule has 4 heteroatoms. The minimum Gasteiger partial charge on any atom is -0.369 e. The van der Waals surface area contributed by atoms with Crippen LogP contribution in [0.25, 0.3) is 0 Å². The molecule has 0 aliphatic rings. The van der Waals surface area contributed by atoms with Gasteiger partial charge in [0.25, 0.3) is 0 Å². The number of likely N-dealkylation sites (N-methyl/N-ethyl adjacent to an activating group) is 1. The van der Waals surface area contributed by atoms with E-state index in [-0.39, 0.29) is 24.2 Å². The molecular weight excluding hydrogens is 156 g/mol. The minimum absolute atomic E-state index is 0.0174. The second kappa shape index (κ2) is 4.87. The number of carbonyl (C=O) groups excluding carboxylic acids is 2. The summed E-state index contributed by atoms with van der Waals surface area (Å²) in [4.78, 5) is 21.8. The zero-order valence-electron chi connectivity index (χ0n) is 7.76. The first-order valence-electron chi connectivity index (χ1n) is 3.98. The average molecular weight is 172 g/mol. The summed E-state index contributed by atoms with van der Waals surface area (Å²) in [6.07, 6.45) is 0.220. The van der Waals surface area contributed by atoms with E-state index in [2.05, 4.69) is 5.32 Å². The SMILES string of the molecule is CN[C@H](C)C(=O)C[C@H](C)C(N)=O. The molecule has 70 valence electrons. The lowest BCUT2D eigenvalue weighted by Gasteiger charge is -2.11. The molecular formula is C8H16N2O2. The van der Waals surface area contributed by atoms with Crippen molar-refractivity contribution in [3.05, 3.63) is 0 Å². The molecule has 0 aliphatic carbocycles. The summed E-state index contributed by atoms with van der Waals surface area (Å²) in [7, 11) is 1.71. The van der Waals surface area contributed by atoms with Gasteiger partial charge in [-0.25, -0.2) is 0 Å². The summed E-state index contributed by atoms with van der Waals surface area (Å²) < 4.78 is 0. The summed E-state index contributed by atoms with van der Waals surface area (Å²) in [5.74, 6) is -0.774. The number of primary amides is 1. The molecule has 0 spiro atoms. The van der Waals surface area contributed by atoms with Gasteiger partial charge in [-0.2, -0.15) is 0 Å². The number of ketones is 1. The van der Waals surface area contributed by atoms with E-state index in [4.69, 9.17) is 5.73 Å². The van der Waals surface area contributed by atoms with E-state index >= 15 is 0 Å². The fourth-order valence-corrected chi connectivity index (χ4v) is 0.740. The molecule has 0 radical (unpaired) electrons. The highest BCUT2D eigenvalue weighted by atomic mass is 16.1. The van der Waals surface area contributed by atoms with Crippen molar-refractivity contribution in [1.29, 1.82) is 0 Å². The van der Waals surface area contributed by atoms with Crippen LogP contribution in [-0.2, 0) is 9.59 Å². The summed E-state index contributed by atoms with van der Waals surface area (Å²) in [6, 6.07) is -0.202. The lowest BCUT2D eigenvalue weighted by atomic mass is 10.0. The molecule has 0 aromatic carbocycles. The van der Waals surface area contributed by atoms with Crippen molar-refractivity contribution in [2.75, 3.05) is 7.05 Å². The van der Waals surface area contributed by atoms with Crippen LogP contribution in [0.2, 0.25) is 0 Å². The largest absolute Gasteiger partial charge is 0.369 e. The second-order valence-electron chi connectivity index (χ2n) is 2.98. The average Bonchev–Trinajstić information content (AvgIpc) is 2.02. The molecule has 0 rings (SSSR count). The van der Waals surface area contributed by atoms with Crippen LogP contribution in [0.1, 0.15) is 20.3 Å². The second-order valence-corrected chi connectivity index (χ2v) is 2.98. The molecule has 3 N–H and O–H groups in total. The molecule has 12 heavy (non-hydrogen) atoms. The van der Waals surface area contributed by atoms with Crippen molar-refractivity contribution in [3.63, 3.8) is 0 Å². The third-order valence-corrected chi connectivity index (χ3v) is 1.91. The number of Topliss-reactive ketones (excluding diaryl/α,β-unsaturated/α-hetero) is 1. The molecule has 0 aromatic rings. The zero-order valence-corrected chi connectivity index (χ0v) is 7.76. The first-order valence-corrected chi connectivity index (χ1v) is 3.98. The minimum atomic E-state index is -0.424. The molecule has 0 heterocycles. The van der Waals surface area contributed by atoms with Crippen LogP contribution in [0.5, 0.6) is 0 Å². The first-order chi connectivity index (χ1) is 5.49. The van der Waals surface area contributed by atoms with E-state index < -0.39 is 5.91 Å². The number of hydrogen-bond acceptors (Lipinski definition) is 3. The van der Waals surface area contributed by atoms with Gasteiger partial charge in [0, 0.05) is 12.3 Å². The van der Waals surface area contributed by atoms with Crippen LogP contribution in [0.4, 0.5) is 0 Å². The summed E-state index contributed by atoms with van der Waals surface area (Å²) in [5, 5.41) is 2.81. The Morgan fingerprint density at radius 1 is 1.42 bits per heavy atom. The van der Waals surface area contributed by atoms with Gasteiger partial charge in [-0.1, -0.05) is 6.92 Å². The fraction of sp³-hybridized carbons (Fsp3) is 0.750. The topological polar surface area (TPSA) is 72.2 Å². The van der Waals surface area contributed by atoms with E-state index in [1.165, 1.54) is 0 Å². The van der Waals surface area contributed by atoms with E-state index in [0.717, 1.165) is 0 Å². The van der Waals surface area contributed by atoms with Gasteiger partial charge in [-0.05, 0) is 14.0 Å². The number of carbonyl (C=O) groups is 2. The van der Waals surface area contributed by atoms with Gasteiger partial charge < -0.3 is 11.1 Å². The Labute approximate surface area is 72.5 Å². The Balaban J connectivity index is 3.92. The molecule has 0 saturated heterocycles. The molecule has 0 fully saturated rings. The highest BCUT2D eigenvalue weighted by Gasteiger charge is 2.17.